The summed E-state index contributed by atoms with van der Waals surface area (Å²) < 4.78 is 13.1. The molecule has 1 aromatic rings. The van der Waals surface area contributed by atoms with Gasteiger partial charge in [0.1, 0.15) is 5.82 Å². The second-order valence-corrected chi connectivity index (χ2v) is 4.71. The first-order valence-corrected chi connectivity index (χ1v) is 5.38. The van der Waals surface area contributed by atoms with Crippen LogP contribution in [0.15, 0.2) is 18.2 Å². The highest BCUT2D eigenvalue weighted by Crippen LogP contribution is 2.16. The van der Waals surface area contributed by atoms with Gasteiger partial charge in [0.2, 0.25) is 0 Å². The minimum Gasteiger partial charge on any atom is -0.350 e. The highest BCUT2D eigenvalue weighted by atomic mass is 35.5. The molecule has 0 aliphatic carbocycles. The number of hydrogen-bond acceptors (Lipinski definition) is 2. The molecule has 0 aliphatic heterocycles. The van der Waals surface area contributed by atoms with Gasteiger partial charge in [-0.05, 0) is 32.0 Å². The molecule has 17 heavy (non-hydrogen) atoms. The second kappa shape index (κ2) is 5.15. The van der Waals surface area contributed by atoms with E-state index in [0.717, 1.165) is 6.07 Å². The summed E-state index contributed by atoms with van der Waals surface area (Å²) in [6, 6.07) is 5.88. The maximum Gasteiger partial charge on any atom is 0.251 e. The minimum absolute atomic E-state index is 0.0288. The van der Waals surface area contributed by atoms with Gasteiger partial charge in [-0.1, -0.05) is 11.6 Å². The van der Waals surface area contributed by atoms with Crippen molar-refractivity contribution in [1.29, 1.82) is 5.26 Å². The van der Waals surface area contributed by atoms with Gasteiger partial charge < -0.3 is 5.32 Å². The van der Waals surface area contributed by atoms with Crippen LogP contribution in [-0.2, 0) is 0 Å². The summed E-state index contributed by atoms with van der Waals surface area (Å²) in [4.78, 5) is 11.6. The monoisotopic (exact) mass is 254 g/mol. The Balaban J connectivity index is 2.72. The van der Waals surface area contributed by atoms with Crippen LogP contribution in [0.25, 0.3) is 0 Å². The zero-order chi connectivity index (χ0) is 13.1. The molecule has 1 aromatic carbocycles. The molecule has 0 saturated carbocycles. The SMILES string of the molecule is CC(C)(C#N)CNC(=O)c1ccc(Cl)c(F)c1. The van der Waals surface area contributed by atoms with Crippen LogP contribution < -0.4 is 5.32 Å². The number of halogens is 2. The second-order valence-electron chi connectivity index (χ2n) is 4.31. The Morgan fingerprint density at radius 3 is 2.76 bits per heavy atom. The third-order valence-electron chi connectivity index (χ3n) is 2.18. The van der Waals surface area contributed by atoms with Crippen LogP contribution in [0.2, 0.25) is 5.02 Å². The van der Waals surface area contributed by atoms with Gasteiger partial charge in [0.25, 0.3) is 5.91 Å². The number of amides is 1. The zero-order valence-corrected chi connectivity index (χ0v) is 10.3. The van der Waals surface area contributed by atoms with E-state index < -0.39 is 17.1 Å². The van der Waals surface area contributed by atoms with Gasteiger partial charge >= 0.3 is 0 Å². The van der Waals surface area contributed by atoms with Gasteiger partial charge in [-0.2, -0.15) is 5.26 Å². The van der Waals surface area contributed by atoms with E-state index >= 15 is 0 Å². The molecule has 0 aromatic heterocycles. The van der Waals surface area contributed by atoms with Crippen molar-refractivity contribution in [2.24, 2.45) is 5.41 Å². The number of nitriles is 1. The maximum atomic E-state index is 13.1. The molecule has 0 atom stereocenters. The van der Waals surface area contributed by atoms with Crippen LogP contribution in [0.5, 0.6) is 0 Å². The summed E-state index contributed by atoms with van der Waals surface area (Å²) in [7, 11) is 0. The Bertz CT molecular complexity index is 480. The van der Waals surface area contributed by atoms with E-state index in [-0.39, 0.29) is 17.1 Å². The lowest BCUT2D eigenvalue weighted by molar-refractivity contribution is 0.0943. The average Bonchev–Trinajstić information content (AvgIpc) is 2.30. The van der Waals surface area contributed by atoms with E-state index in [0.29, 0.717) is 0 Å². The number of carbonyl (C=O) groups is 1. The Morgan fingerprint density at radius 2 is 2.24 bits per heavy atom. The summed E-state index contributed by atoms with van der Waals surface area (Å²) >= 11 is 5.51. The summed E-state index contributed by atoms with van der Waals surface area (Å²) in [6.07, 6.45) is 0. The summed E-state index contributed by atoms with van der Waals surface area (Å²) in [6.45, 7) is 3.61. The summed E-state index contributed by atoms with van der Waals surface area (Å²) in [5.41, 5.74) is -0.471. The minimum atomic E-state index is -0.652. The molecule has 1 amide bonds. The molecule has 0 aliphatic rings. The van der Waals surface area contributed by atoms with Crippen LogP contribution in [-0.4, -0.2) is 12.5 Å². The molecule has 0 saturated heterocycles. The Labute approximate surface area is 104 Å². The third-order valence-corrected chi connectivity index (χ3v) is 2.48. The highest BCUT2D eigenvalue weighted by Gasteiger charge is 2.18. The predicted octanol–water partition coefficient (Wildman–Crippen LogP) is 2.76. The smallest absolute Gasteiger partial charge is 0.251 e. The number of hydrogen-bond donors (Lipinski definition) is 1. The van der Waals surface area contributed by atoms with Crippen molar-refractivity contribution in [2.45, 2.75) is 13.8 Å². The van der Waals surface area contributed by atoms with Crippen molar-refractivity contribution >= 4 is 17.5 Å². The van der Waals surface area contributed by atoms with Crippen LogP contribution >= 0.6 is 11.6 Å². The molecule has 5 heteroatoms. The largest absolute Gasteiger partial charge is 0.350 e. The van der Waals surface area contributed by atoms with E-state index in [1.165, 1.54) is 12.1 Å². The fourth-order valence-electron chi connectivity index (χ4n) is 1.08. The van der Waals surface area contributed by atoms with Crippen molar-refractivity contribution in [3.63, 3.8) is 0 Å². The summed E-state index contributed by atoms with van der Waals surface area (Å²) in [5.74, 6) is -1.07. The third kappa shape index (κ3) is 3.72. The van der Waals surface area contributed by atoms with Crippen molar-refractivity contribution in [2.75, 3.05) is 6.54 Å². The van der Waals surface area contributed by atoms with Gasteiger partial charge in [0, 0.05) is 12.1 Å². The van der Waals surface area contributed by atoms with Crippen LogP contribution in [0.1, 0.15) is 24.2 Å². The highest BCUT2D eigenvalue weighted by molar-refractivity contribution is 6.30. The number of rotatable bonds is 3. The molecule has 0 spiro atoms. The molecule has 0 radical (unpaired) electrons. The van der Waals surface area contributed by atoms with Gasteiger partial charge in [-0.25, -0.2) is 4.39 Å². The lowest BCUT2D eigenvalue weighted by atomic mass is 9.96. The van der Waals surface area contributed by atoms with E-state index in [1.807, 2.05) is 0 Å². The van der Waals surface area contributed by atoms with E-state index in [9.17, 15) is 9.18 Å². The van der Waals surface area contributed by atoms with Gasteiger partial charge in [0.15, 0.2) is 0 Å². The molecule has 0 heterocycles. The average molecular weight is 255 g/mol. The van der Waals surface area contributed by atoms with Gasteiger partial charge in [-0.3, -0.25) is 4.79 Å². The lowest BCUT2D eigenvalue weighted by Crippen LogP contribution is -2.33. The van der Waals surface area contributed by atoms with Crippen LogP contribution in [0.4, 0.5) is 4.39 Å². The normalized spacial score (nSPS) is 10.8. The Morgan fingerprint density at radius 1 is 1.59 bits per heavy atom. The molecule has 0 bridgehead atoms. The number of benzene rings is 1. The molecule has 0 unspecified atom stereocenters. The van der Waals surface area contributed by atoms with Gasteiger partial charge in [0.05, 0.1) is 16.5 Å². The first kappa shape index (κ1) is 13.5. The molecular weight excluding hydrogens is 243 g/mol. The standard InChI is InChI=1S/C12H12ClFN2O/c1-12(2,6-15)7-16-11(17)8-3-4-9(13)10(14)5-8/h3-5H,7H2,1-2H3,(H,16,17). The Hall–Kier alpha value is -1.60. The van der Waals surface area contributed by atoms with Crippen molar-refractivity contribution in [3.05, 3.63) is 34.6 Å². The predicted molar refractivity (Wildman–Crippen MR) is 63.1 cm³/mol. The molecule has 3 nitrogen and oxygen atoms in total. The first-order chi connectivity index (χ1) is 7.85. The number of carbonyl (C=O) groups excluding carboxylic acids is 1. The topological polar surface area (TPSA) is 52.9 Å². The summed E-state index contributed by atoms with van der Waals surface area (Å²) in [5, 5.41) is 11.3. The van der Waals surface area contributed by atoms with Gasteiger partial charge in [-0.15, -0.1) is 0 Å². The fraction of sp³-hybridized carbons (Fsp3) is 0.333. The number of nitrogens with zero attached hydrogens (tertiary/aromatic N) is 1. The molecule has 1 N–H and O–H groups in total. The van der Waals surface area contributed by atoms with E-state index in [1.54, 1.807) is 13.8 Å². The van der Waals surface area contributed by atoms with E-state index in [2.05, 4.69) is 11.4 Å². The lowest BCUT2D eigenvalue weighted by Gasteiger charge is -2.15. The zero-order valence-electron chi connectivity index (χ0n) is 9.55. The van der Waals surface area contributed by atoms with Crippen LogP contribution in [0.3, 0.4) is 0 Å². The van der Waals surface area contributed by atoms with Crippen molar-refractivity contribution in [3.8, 4) is 6.07 Å². The molecule has 1 rings (SSSR count). The Kier molecular flexibility index (Phi) is 4.08. The van der Waals surface area contributed by atoms with E-state index in [4.69, 9.17) is 16.9 Å². The molecule has 0 fully saturated rings. The molecular formula is C12H12ClFN2O. The van der Waals surface area contributed by atoms with Crippen molar-refractivity contribution in [1.82, 2.24) is 5.32 Å². The molecule has 90 valence electrons. The fourth-order valence-corrected chi connectivity index (χ4v) is 1.20. The maximum absolute atomic E-state index is 13.1. The number of nitrogens with one attached hydrogen (secondary N) is 1. The van der Waals surface area contributed by atoms with Crippen LogP contribution in [0, 0.1) is 22.6 Å². The quantitative estimate of drug-likeness (QED) is 0.902. The van der Waals surface area contributed by atoms with Crippen molar-refractivity contribution < 1.29 is 9.18 Å². The first-order valence-electron chi connectivity index (χ1n) is 5.00.